The summed E-state index contributed by atoms with van der Waals surface area (Å²) >= 11 is 6.18. The van der Waals surface area contributed by atoms with Gasteiger partial charge >= 0.3 is 0 Å². The van der Waals surface area contributed by atoms with Gasteiger partial charge in [-0.3, -0.25) is 0 Å². The highest BCUT2D eigenvalue weighted by Crippen LogP contribution is 2.34. The molecule has 0 radical (unpaired) electrons. The highest BCUT2D eigenvalue weighted by molar-refractivity contribution is 6.30. The molecule has 0 atom stereocenters. The Balaban J connectivity index is 2.12. The van der Waals surface area contributed by atoms with Crippen LogP contribution in [0.3, 0.4) is 0 Å². The predicted molar refractivity (Wildman–Crippen MR) is 88.7 cm³/mol. The van der Waals surface area contributed by atoms with Crippen molar-refractivity contribution in [2.24, 2.45) is 0 Å². The first-order valence-electron chi connectivity index (χ1n) is 7.41. The molecule has 0 fully saturated rings. The van der Waals surface area contributed by atoms with E-state index in [9.17, 15) is 0 Å². The first kappa shape index (κ1) is 14.7. The largest absolute Gasteiger partial charge is 0.205 e. The number of halogens is 1. The second-order valence-electron chi connectivity index (χ2n) is 5.19. The minimum atomic E-state index is 0.604. The Morgan fingerprint density at radius 2 is 1.86 bits per heavy atom. The zero-order valence-electron chi connectivity index (χ0n) is 12.4. The number of H-pyrrole nitrogens is 1. The molecule has 1 aromatic heterocycles. The van der Waals surface area contributed by atoms with Crippen LogP contribution >= 0.6 is 11.6 Å². The highest BCUT2D eigenvalue weighted by atomic mass is 35.5. The maximum atomic E-state index is 6.18. The van der Waals surface area contributed by atoms with Gasteiger partial charge in [-0.1, -0.05) is 55.3 Å². The van der Waals surface area contributed by atoms with E-state index < -0.39 is 0 Å². The van der Waals surface area contributed by atoms with E-state index in [1.807, 2.05) is 24.3 Å². The van der Waals surface area contributed by atoms with Gasteiger partial charge in [0.1, 0.15) is 0 Å². The van der Waals surface area contributed by atoms with Crippen LogP contribution in [0.4, 0.5) is 0 Å². The second-order valence-corrected chi connectivity index (χ2v) is 5.62. The van der Waals surface area contributed by atoms with Crippen molar-refractivity contribution in [1.29, 1.82) is 0 Å². The van der Waals surface area contributed by atoms with Crippen molar-refractivity contribution in [3.63, 3.8) is 0 Å². The number of nitrogens with zero attached hydrogens (tertiary/aromatic N) is 3. The molecule has 112 valence electrons. The lowest BCUT2D eigenvalue weighted by Crippen LogP contribution is -1.93. The number of tetrazole rings is 1. The molecule has 1 N–H and O–H groups in total. The van der Waals surface area contributed by atoms with Gasteiger partial charge in [-0.05, 0) is 46.9 Å². The molecule has 0 bridgehead atoms. The van der Waals surface area contributed by atoms with Crippen molar-refractivity contribution < 1.29 is 0 Å². The standard InChI is InChI=1S/C17H17ClN4/c1-2-3-6-12-11-13(18)9-10-14(12)15-7-4-5-8-16(15)17-19-21-22-20-17/h4-5,7-11H,2-3,6H2,1H3,(H,19,20,21,22). The number of hydrogen-bond donors (Lipinski definition) is 1. The lowest BCUT2D eigenvalue weighted by Gasteiger charge is -2.13. The van der Waals surface area contributed by atoms with Crippen LogP contribution in [0.1, 0.15) is 25.3 Å². The van der Waals surface area contributed by atoms with Gasteiger partial charge in [0.2, 0.25) is 5.82 Å². The Hall–Kier alpha value is -2.20. The normalized spacial score (nSPS) is 10.8. The van der Waals surface area contributed by atoms with E-state index in [-0.39, 0.29) is 0 Å². The summed E-state index contributed by atoms with van der Waals surface area (Å²) in [5.74, 6) is 0.604. The summed E-state index contributed by atoms with van der Waals surface area (Å²) in [6.07, 6.45) is 3.29. The molecular weight excluding hydrogens is 296 g/mol. The van der Waals surface area contributed by atoms with E-state index >= 15 is 0 Å². The summed E-state index contributed by atoms with van der Waals surface area (Å²) in [5, 5.41) is 15.2. The second kappa shape index (κ2) is 6.71. The van der Waals surface area contributed by atoms with Crippen LogP contribution in [-0.2, 0) is 6.42 Å². The Morgan fingerprint density at radius 3 is 2.59 bits per heavy atom. The fourth-order valence-corrected chi connectivity index (χ4v) is 2.78. The number of unbranched alkanes of at least 4 members (excludes halogenated alkanes) is 1. The molecule has 0 unspecified atom stereocenters. The van der Waals surface area contributed by atoms with Gasteiger partial charge in [0.25, 0.3) is 0 Å². The molecule has 3 aromatic rings. The number of hydrogen-bond acceptors (Lipinski definition) is 3. The molecule has 0 aliphatic rings. The van der Waals surface area contributed by atoms with Crippen molar-refractivity contribution in [1.82, 2.24) is 20.6 Å². The summed E-state index contributed by atoms with van der Waals surface area (Å²) in [6, 6.07) is 14.2. The summed E-state index contributed by atoms with van der Waals surface area (Å²) in [5.41, 5.74) is 4.51. The smallest absolute Gasteiger partial charge is 0.177 e. The fourth-order valence-electron chi connectivity index (χ4n) is 2.59. The van der Waals surface area contributed by atoms with Gasteiger partial charge in [0.05, 0.1) is 0 Å². The van der Waals surface area contributed by atoms with Crippen LogP contribution in [-0.4, -0.2) is 20.6 Å². The van der Waals surface area contributed by atoms with E-state index in [2.05, 4.69) is 45.7 Å². The number of nitrogens with one attached hydrogen (secondary N) is 1. The summed E-state index contributed by atoms with van der Waals surface area (Å²) in [4.78, 5) is 0. The maximum Gasteiger partial charge on any atom is 0.205 e. The molecule has 0 aliphatic carbocycles. The number of aryl methyl sites for hydroxylation is 1. The molecule has 22 heavy (non-hydrogen) atoms. The van der Waals surface area contributed by atoms with E-state index in [0.29, 0.717) is 5.82 Å². The molecule has 0 saturated heterocycles. The zero-order chi connectivity index (χ0) is 15.4. The maximum absolute atomic E-state index is 6.18. The molecule has 0 aliphatic heterocycles. The lowest BCUT2D eigenvalue weighted by molar-refractivity contribution is 0.796. The van der Waals surface area contributed by atoms with Crippen LogP contribution in [0.5, 0.6) is 0 Å². The van der Waals surface area contributed by atoms with E-state index in [1.165, 1.54) is 11.1 Å². The van der Waals surface area contributed by atoms with Gasteiger partial charge in [0.15, 0.2) is 0 Å². The van der Waals surface area contributed by atoms with Crippen LogP contribution in [0.2, 0.25) is 5.02 Å². The zero-order valence-corrected chi connectivity index (χ0v) is 13.1. The van der Waals surface area contributed by atoms with E-state index in [4.69, 9.17) is 11.6 Å². The van der Waals surface area contributed by atoms with Crippen molar-refractivity contribution in [2.45, 2.75) is 26.2 Å². The molecule has 3 rings (SSSR count). The van der Waals surface area contributed by atoms with E-state index in [0.717, 1.165) is 35.4 Å². The first-order valence-corrected chi connectivity index (χ1v) is 7.79. The van der Waals surface area contributed by atoms with Gasteiger partial charge in [-0.2, -0.15) is 5.21 Å². The van der Waals surface area contributed by atoms with Crippen molar-refractivity contribution >= 4 is 11.6 Å². The van der Waals surface area contributed by atoms with Crippen LogP contribution in [0.15, 0.2) is 42.5 Å². The Morgan fingerprint density at radius 1 is 1.05 bits per heavy atom. The van der Waals surface area contributed by atoms with Crippen molar-refractivity contribution in [2.75, 3.05) is 0 Å². The average Bonchev–Trinajstić information content (AvgIpc) is 3.07. The summed E-state index contributed by atoms with van der Waals surface area (Å²) < 4.78 is 0. The number of rotatable bonds is 5. The molecule has 1 heterocycles. The molecule has 0 spiro atoms. The lowest BCUT2D eigenvalue weighted by atomic mass is 9.93. The van der Waals surface area contributed by atoms with Gasteiger partial charge in [-0.25, -0.2) is 0 Å². The number of aromatic nitrogens is 4. The third-order valence-electron chi connectivity index (χ3n) is 3.67. The Bertz CT molecular complexity index is 753. The first-order chi connectivity index (χ1) is 10.8. The summed E-state index contributed by atoms with van der Waals surface area (Å²) in [7, 11) is 0. The third kappa shape index (κ3) is 3.02. The van der Waals surface area contributed by atoms with Crippen LogP contribution in [0, 0.1) is 0 Å². The molecule has 0 saturated carbocycles. The Labute approximate surface area is 134 Å². The van der Waals surface area contributed by atoms with Crippen LogP contribution in [0.25, 0.3) is 22.5 Å². The minimum Gasteiger partial charge on any atom is -0.177 e. The molecule has 0 amide bonds. The van der Waals surface area contributed by atoms with Crippen molar-refractivity contribution in [3.8, 4) is 22.5 Å². The third-order valence-corrected chi connectivity index (χ3v) is 3.91. The summed E-state index contributed by atoms with van der Waals surface area (Å²) in [6.45, 7) is 2.19. The fraction of sp³-hybridized carbons (Fsp3) is 0.235. The SMILES string of the molecule is CCCCc1cc(Cl)ccc1-c1ccccc1-c1nn[nH]n1. The predicted octanol–water partition coefficient (Wildman–Crippen LogP) is 4.53. The molecule has 4 nitrogen and oxygen atoms in total. The van der Waals surface area contributed by atoms with Gasteiger partial charge in [-0.15, -0.1) is 10.2 Å². The number of aromatic amines is 1. The molecule has 5 heteroatoms. The average molecular weight is 313 g/mol. The topological polar surface area (TPSA) is 54.5 Å². The van der Waals surface area contributed by atoms with Gasteiger partial charge in [0, 0.05) is 10.6 Å². The minimum absolute atomic E-state index is 0.604. The van der Waals surface area contributed by atoms with Crippen molar-refractivity contribution in [3.05, 3.63) is 53.1 Å². The molecular formula is C17H17ClN4. The van der Waals surface area contributed by atoms with Gasteiger partial charge < -0.3 is 0 Å². The Kier molecular flexibility index (Phi) is 4.49. The quantitative estimate of drug-likeness (QED) is 0.753. The molecule has 2 aromatic carbocycles. The number of benzene rings is 2. The highest BCUT2D eigenvalue weighted by Gasteiger charge is 2.13. The van der Waals surface area contributed by atoms with Crippen LogP contribution < -0.4 is 0 Å². The monoisotopic (exact) mass is 312 g/mol. The van der Waals surface area contributed by atoms with E-state index in [1.54, 1.807) is 0 Å².